The van der Waals surface area contributed by atoms with Crippen molar-refractivity contribution in [2.24, 2.45) is 0 Å². The van der Waals surface area contributed by atoms with Gasteiger partial charge >= 0.3 is 0 Å². The molecule has 1 aromatic heterocycles. The predicted octanol–water partition coefficient (Wildman–Crippen LogP) is 3.19. The summed E-state index contributed by atoms with van der Waals surface area (Å²) in [6, 6.07) is 9.20. The van der Waals surface area contributed by atoms with Crippen molar-refractivity contribution >= 4 is 17.5 Å². The second-order valence-electron chi connectivity index (χ2n) is 7.38. The van der Waals surface area contributed by atoms with Gasteiger partial charge in [0.25, 0.3) is 11.8 Å². The van der Waals surface area contributed by atoms with Crippen LogP contribution in [0, 0.1) is 0 Å². The zero-order valence-electron chi connectivity index (χ0n) is 16.2. The van der Waals surface area contributed by atoms with Gasteiger partial charge in [0.05, 0.1) is 11.3 Å². The molecule has 1 N–H and O–H groups in total. The van der Waals surface area contributed by atoms with Crippen LogP contribution in [0.2, 0.25) is 0 Å². The molecular formula is C22H26N4O2. The van der Waals surface area contributed by atoms with Crippen LogP contribution in [-0.2, 0) is 6.54 Å². The standard InChI is InChI=1S/C22H26N4O2/c1-2-25-19-14-17(21(27)24-15-16-9-11-23-12-10-16)7-8-18(19)22(28)26-13-5-3-4-6-20(25)26/h7-12,14,20H,2-6,13,15H2,1H3,(H,24,27). The van der Waals surface area contributed by atoms with Crippen LogP contribution >= 0.6 is 0 Å². The third kappa shape index (κ3) is 3.46. The van der Waals surface area contributed by atoms with Crippen molar-refractivity contribution in [1.82, 2.24) is 15.2 Å². The number of amides is 2. The van der Waals surface area contributed by atoms with E-state index >= 15 is 0 Å². The molecule has 2 aromatic rings. The van der Waals surface area contributed by atoms with Crippen molar-refractivity contribution in [3.05, 3.63) is 59.4 Å². The molecule has 0 bridgehead atoms. The van der Waals surface area contributed by atoms with Crippen LogP contribution in [0.15, 0.2) is 42.7 Å². The molecule has 3 heterocycles. The van der Waals surface area contributed by atoms with Crippen LogP contribution in [0.5, 0.6) is 0 Å². The number of carbonyl (C=O) groups is 2. The second-order valence-corrected chi connectivity index (χ2v) is 7.38. The molecule has 0 saturated carbocycles. The van der Waals surface area contributed by atoms with E-state index in [1.54, 1.807) is 18.5 Å². The number of aromatic nitrogens is 1. The average molecular weight is 378 g/mol. The number of carbonyl (C=O) groups excluding carboxylic acids is 2. The van der Waals surface area contributed by atoms with Crippen molar-refractivity contribution < 1.29 is 9.59 Å². The molecule has 2 aliphatic heterocycles. The largest absolute Gasteiger partial charge is 0.351 e. The maximum absolute atomic E-state index is 13.0. The molecule has 2 amide bonds. The molecule has 1 atom stereocenters. The summed E-state index contributed by atoms with van der Waals surface area (Å²) in [7, 11) is 0. The highest BCUT2D eigenvalue weighted by molar-refractivity contribution is 6.04. The Morgan fingerprint density at radius 2 is 2.00 bits per heavy atom. The summed E-state index contributed by atoms with van der Waals surface area (Å²) in [5.41, 5.74) is 3.17. The summed E-state index contributed by atoms with van der Waals surface area (Å²) in [5.74, 6) is -0.0400. The molecule has 6 heteroatoms. The number of nitrogens with zero attached hydrogens (tertiary/aromatic N) is 3. The molecule has 28 heavy (non-hydrogen) atoms. The molecule has 6 nitrogen and oxygen atoms in total. The van der Waals surface area contributed by atoms with Gasteiger partial charge in [-0.25, -0.2) is 0 Å². The number of fused-ring (bicyclic) bond motifs is 2. The minimum atomic E-state index is -0.133. The molecule has 0 aliphatic carbocycles. The summed E-state index contributed by atoms with van der Waals surface area (Å²) in [4.78, 5) is 34.0. The Bertz CT molecular complexity index is 868. The number of anilines is 1. The monoisotopic (exact) mass is 378 g/mol. The van der Waals surface area contributed by atoms with E-state index in [2.05, 4.69) is 22.1 Å². The number of rotatable bonds is 4. The number of hydrogen-bond donors (Lipinski definition) is 1. The Morgan fingerprint density at radius 3 is 2.79 bits per heavy atom. The zero-order chi connectivity index (χ0) is 19.5. The van der Waals surface area contributed by atoms with Crippen molar-refractivity contribution in [3.8, 4) is 0 Å². The highest BCUT2D eigenvalue weighted by Crippen LogP contribution is 2.35. The Labute approximate surface area is 165 Å². The minimum absolute atomic E-state index is 0.0929. The quantitative estimate of drug-likeness (QED) is 0.887. The van der Waals surface area contributed by atoms with Crippen LogP contribution in [0.4, 0.5) is 5.69 Å². The summed E-state index contributed by atoms with van der Waals surface area (Å²) in [6.07, 6.45) is 7.86. The zero-order valence-corrected chi connectivity index (χ0v) is 16.2. The number of pyridine rings is 1. The highest BCUT2D eigenvalue weighted by Gasteiger charge is 2.37. The van der Waals surface area contributed by atoms with Gasteiger partial charge in [-0.3, -0.25) is 14.6 Å². The van der Waals surface area contributed by atoms with Crippen molar-refractivity contribution in [3.63, 3.8) is 0 Å². The van der Waals surface area contributed by atoms with Gasteiger partial charge in [-0.15, -0.1) is 0 Å². The maximum Gasteiger partial charge on any atom is 0.257 e. The van der Waals surface area contributed by atoms with E-state index in [0.717, 1.165) is 50.0 Å². The van der Waals surface area contributed by atoms with Crippen molar-refractivity contribution in [2.45, 2.75) is 45.3 Å². The van der Waals surface area contributed by atoms with Crippen LogP contribution in [-0.4, -0.2) is 41.0 Å². The van der Waals surface area contributed by atoms with Gasteiger partial charge < -0.3 is 15.1 Å². The number of nitrogens with one attached hydrogen (secondary N) is 1. The van der Waals surface area contributed by atoms with E-state index in [9.17, 15) is 9.59 Å². The Morgan fingerprint density at radius 1 is 1.18 bits per heavy atom. The van der Waals surface area contributed by atoms with Crippen molar-refractivity contribution in [1.29, 1.82) is 0 Å². The van der Waals surface area contributed by atoms with E-state index in [0.29, 0.717) is 17.7 Å². The summed E-state index contributed by atoms with van der Waals surface area (Å²) < 4.78 is 0. The summed E-state index contributed by atoms with van der Waals surface area (Å²) in [6.45, 7) is 4.18. The maximum atomic E-state index is 13.0. The molecular weight excluding hydrogens is 352 g/mol. The Balaban J connectivity index is 1.59. The van der Waals surface area contributed by atoms with Crippen LogP contribution in [0.3, 0.4) is 0 Å². The predicted molar refractivity (Wildman–Crippen MR) is 108 cm³/mol. The fourth-order valence-corrected chi connectivity index (χ4v) is 4.22. The van der Waals surface area contributed by atoms with Crippen molar-refractivity contribution in [2.75, 3.05) is 18.0 Å². The van der Waals surface area contributed by atoms with Gasteiger partial charge in [-0.2, -0.15) is 0 Å². The summed E-state index contributed by atoms with van der Waals surface area (Å²) in [5, 5.41) is 2.95. The first-order valence-corrected chi connectivity index (χ1v) is 10.1. The van der Waals surface area contributed by atoms with Gasteiger partial charge in [-0.1, -0.05) is 6.42 Å². The first-order valence-electron chi connectivity index (χ1n) is 10.1. The molecule has 4 rings (SSSR count). The van der Waals surface area contributed by atoms with Gasteiger partial charge in [0.15, 0.2) is 0 Å². The van der Waals surface area contributed by atoms with E-state index in [1.807, 2.05) is 29.2 Å². The first-order chi connectivity index (χ1) is 13.7. The molecule has 2 aliphatic rings. The molecule has 1 unspecified atom stereocenters. The van der Waals surface area contributed by atoms with Gasteiger partial charge in [0, 0.05) is 37.6 Å². The topological polar surface area (TPSA) is 65.5 Å². The van der Waals surface area contributed by atoms with Gasteiger partial charge in [0.1, 0.15) is 6.17 Å². The molecule has 0 radical (unpaired) electrons. The van der Waals surface area contributed by atoms with E-state index in [1.165, 1.54) is 0 Å². The highest BCUT2D eigenvalue weighted by atomic mass is 16.2. The Kier molecular flexibility index (Phi) is 5.28. The smallest absolute Gasteiger partial charge is 0.257 e. The SMILES string of the molecule is CCN1c2cc(C(=O)NCc3ccncc3)ccc2C(=O)N2CCCCCC21. The minimum Gasteiger partial charge on any atom is -0.351 e. The third-order valence-electron chi connectivity index (χ3n) is 5.68. The summed E-state index contributed by atoms with van der Waals surface area (Å²) >= 11 is 0. The molecule has 1 saturated heterocycles. The molecule has 1 fully saturated rings. The van der Waals surface area contributed by atoms with Gasteiger partial charge in [-0.05, 0) is 62.1 Å². The van der Waals surface area contributed by atoms with E-state index < -0.39 is 0 Å². The lowest BCUT2D eigenvalue weighted by molar-refractivity contribution is 0.0656. The van der Waals surface area contributed by atoms with Crippen LogP contribution in [0.25, 0.3) is 0 Å². The lowest BCUT2D eigenvalue weighted by Gasteiger charge is -2.44. The lowest BCUT2D eigenvalue weighted by atomic mass is 10.0. The lowest BCUT2D eigenvalue weighted by Crippen LogP contribution is -2.55. The third-order valence-corrected chi connectivity index (χ3v) is 5.68. The fraction of sp³-hybridized carbons (Fsp3) is 0.409. The van der Waals surface area contributed by atoms with Crippen LogP contribution in [0.1, 0.15) is 58.9 Å². The van der Waals surface area contributed by atoms with E-state index in [-0.39, 0.29) is 18.0 Å². The normalized spacial score (nSPS) is 18.9. The van der Waals surface area contributed by atoms with Gasteiger partial charge in [0.2, 0.25) is 0 Å². The number of hydrogen-bond acceptors (Lipinski definition) is 4. The van der Waals surface area contributed by atoms with E-state index in [4.69, 9.17) is 0 Å². The van der Waals surface area contributed by atoms with Crippen LogP contribution < -0.4 is 10.2 Å². The second kappa shape index (κ2) is 8.00. The first kappa shape index (κ1) is 18.5. The number of benzene rings is 1. The fourth-order valence-electron chi connectivity index (χ4n) is 4.22. The molecule has 1 aromatic carbocycles. The molecule has 146 valence electrons. The molecule has 0 spiro atoms. The average Bonchev–Trinajstić information content (AvgIpc) is 2.99. The Hall–Kier alpha value is -2.89.